The topological polar surface area (TPSA) is 81.9 Å². The van der Waals surface area contributed by atoms with E-state index in [1.54, 1.807) is 10.7 Å². The lowest BCUT2D eigenvalue weighted by molar-refractivity contribution is 0.182. The highest BCUT2D eigenvalue weighted by atomic mass is 32.2. The van der Waals surface area contributed by atoms with Crippen molar-refractivity contribution < 1.29 is 4.74 Å². The van der Waals surface area contributed by atoms with Gasteiger partial charge in [0.05, 0.1) is 30.6 Å². The maximum atomic E-state index is 12.6. The van der Waals surface area contributed by atoms with Gasteiger partial charge in [0.1, 0.15) is 11.9 Å². The molecule has 27 heavy (non-hydrogen) atoms. The van der Waals surface area contributed by atoms with Gasteiger partial charge >= 0.3 is 0 Å². The van der Waals surface area contributed by atoms with Gasteiger partial charge in [-0.1, -0.05) is 20.8 Å². The maximum Gasteiger partial charge on any atom is 0.267 e. The SMILES string of the molecule is CC(C)(C)c1ccc(NC2COCC2n2nc3c(cc2=O)CSCC3)nn1. The molecule has 0 saturated carbocycles. The van der Waals surface area contributed by atoms with E-state index in [-0.39, 0.29) is 23.1 Å². The number of thioether (sulfide) groups is 1. The number of nitrogens with one attached hydrogen (secondary N) is 1. The van der Waals surface area contributed by atoms with E-state index in [1.807, 2.05) is 23.9 Å². The minimum atomic E-state index is -0.151. The summed E-state index contributed by atoms with van der Waals surface area (Å²) in [6, 6.07) is 5.44. The molecule has 7 nitrogen and oxygen atoms in total. The first-order valence-corrected chi connectivity index (χ1v) is 10.4. The molecule has 2 aromatic heterocycles. The predicted octanol–water partition coefficient (Wildman–Crippen LogP) is 2.17. The summed E-state index contributed by atoms with van der Waals surface area (Å²) in [6.07, 6.45) is 0.908. The van der Waals surface area contributed by atoms with E-state index in [0.717, 1.165) is 34.9 Å². The van der Waals surface area contributed by atoms with Crippen molar-refractivity contribution in [3.63, 3.8) is 0 Å². The Kier molecular flexibility index (Phi) is 4.94. The van der Waals surface area contributed by atoms with E-state index in [2.05, 4.69) is 41.4 Å². The summed E-state index contributed by atoms with van der Waals surface area (Å²) in [7, 11) is 0. The number of rotatable bonds is 3. The lowest BCUT2D eigenvalue weighted by atomic mass is 9.92. The molecule has 0 aromatic carbocycles. The zero-order valence-electron chi connectivity index (χ0n) is 15.9. The molecule has 1 N–H and O–H groups in total. The largest absolute Gasteiger partial charge is 0.377 e. The molecule has 2 aliphatic rings. The zero-order valence-corrected chi connectivity index (χ0v) is 16.8. The number of fused-ring (bicyclic) bond motifs is 1. The fourth-order valence-electron chi connectivity index (χ4n) is 3.39. The molecule has 0 amide bonds. The number of aryl methyl sites for hydroxylation is 1. The van der Waals surface area contributed by atoms with Crippen molar-refractivity contribution in [2.75, 3.05) is 24.3 Å². The first-order chi connectivity index (χ1) is 12.9. The standard InChI is InChI=1S/C19H25N5O2S/c1-19(2,3)16-4-5-17(22-21-16)20-14-9-26-10-15(14)24-18(25)8-12-11-27-7-6-13(12)23-24/h4-5,8,14-15H,6-7,9-11H2,1-3H3,(H,20,22). The minimum absolute atomic E-state index is 0.0385. The maximum absolute atomic E-state index is 12.6. The van der Waals surface area contributed by atoms with Crippen LogP contribution in [0, 0.1) is 0 Å². The second-order valence-corrected chi connectivity index (χ2v) is 9.22. The number of hydrogen-bond acceptors (Lipinski definition) is 7. The Morgan fingerprint density at radius 3 is 2.85 bits per heavy atom. The second-order valence-electron chi connectivity index (χ2n) is 8.11. The first-order valence-electron chi connectivity index (χ1n) is 9.30. The van der Waals surface area contributed by atoms with Crippen molar-refractivity contribution in [2.45, 2.75) is 50.4 Å². The normalized spacial score (nSPS) is 22.5. The van der Waals surface area contributed by atoms with Crippen molar-refractivity contribution in [1.29, 1.82) is 0 Å². The average Bonchev–Trinajstić information content (AvgIpc) is 3.08. The third-order valence-corrected chi connectivity index (χ3v) is 6.00. The fourth-order valence-corrected chi connectivity index (χ4v) is 4.34. The van der Waals surface area contributed by atoms with Crippen LogP contribution in [0.25, 0.3) is 0 Å². The van der Waals surface area contributed by atoms with Gasteiger partial charge in [0, 0.05) is 23.7 Å². The molecule has 2 unspecified atom stereocenters. The summed E-state index contributed by atoms with van der Waals surface area (Å²) < 4.78 is 7.25. The van der Waals surface area contributed by atoms with E-state index in [9.17, 15) is 4.79 Å². The van der Waals surface area contributed by atoms with E-state index in [0.29, 0.717) is 19.0 Å². The second kappa shape index (κ2) is 7.24. The van der Waals surface area contributed by atoms with Crippen LogP contribution in [0.15, 0.2) is 23.0 Å². The number of aromatic nitrogens is 4. The van der Waals surface area contributed by atoms with Crippen LogP contribution >= 0.6 is 11.8 Å². The summed E-state index contributed by atoms with van der Waals surface area (Å²) >= 11 is 1.85. The van der Waals surface area contributed by atoms with Gasteiger partial charge in [-0.25, -0.2) is 4.68 Å². The number of nitrogens with zero attached hydrogens (tertiary/aromatic N) is 4. The Bertz CT molecular complexity index is 875. The summed E-state index contributed by atoms with van der Waals surface area (Å²) in [5.74, 6) is 2.61. The van der Waals surface area contributed by atoms with Crippen molar-refractivity contribution >= 4 is 17.6 Å². The van der Waals surface area contributed by atoms with Gasteiger partial charge in [-0.15, -0.1) is 5.10 Å². The zero-order chi connectivity index (χ0) is 19.0. The Morgan fingerprint density at radius 2 is 2.11 bits per heavy atom. The van der Waals surface area contributed by atoms with E-state index >= 15 is 0 Å². The first kappa shape index (κ1) is 18.4. The van der Waals surface area contributed by atoms with Crippen LogP contribution in [0.4, 0.5) is 5.82 Å². The van der Waals surface area contributed by atoms with Gasteiger partial charge in [-0.05, 0) is 23.4 Å². The molecule has 0 aliphatic carbocycles. The highest BCUT2D eigenvalue weighted by molar-refractivity contribution is 7.98. The Hall–Kier alpha value is -1.93. The third kappa shape index (κ3) is 3.87. The number of hydrogen-bond donors (Lipinski definition) is 1. The molecule has 1 fully saturated rings. The van der Waals surface area contributed by atoms with E-state index in [4.69, 9.17) is 4.74 Å². The van der Waals surface area contributed by atoms with Crippen LogP contribution in [0.1, 0.15) is 43.8 Å². The summed E-state index contributed by atoms with van der Waals surface area (Å²) in [5.41, 5.74) is 2.95. The van der Waals surface area contributed by atoms with Gasteiger partial charge in [0.15, 0.2) is 0 Å². The Labute approximate surface area is 162 Å². The predicted molar refractivity (Wildman–Crippen MR) is 106 cm³/mol. The van der Waals surface area contributed by atoms with Crippen LogP contribution in [0.5, 0.6) is 0 Å². The molecular formula is C19H25N5O2S. The molecule has 4 heterocycles. The van der Waals surface area contributed by atoms with Crippen molar-refractivity contribution in [1.82, 2.24) is 20.0 Å². The summed E-state index contributed by atoms with van der Waals surface area (Å²) in [6.45, 7) is 7.30. The molecule has 0 spiro atoms. The molecule has 2 aliphatic heterocycles. The van der Waals surface area contributed by atoms with Gasteiger partial charge in [-0.2, -0.15) is 22.0 Å². The number of ether oxygens (including phenoxy) is 1. The molecule has 2 atom stereocenters. The van der Waals surface area contributed by atoms with Gasteiger partial charge in [-0.3, -0.25) is 4.79 Å². The van der Waals surface area contributed by atoms with Crippen molar-refractivity contribution in [3.05, 3.63) is 45.5 Å². The molecule has 0 radical (unpaired) electrons. The van der Waals surface area contributed by atoms with Crippen molar-refractivity contribution in [2.24, 2.45) is 0 Å². The summed E-state index contributed by atoms with van der Waals surface area (Å²) in [5, 5.41) is 16.7. The average molecular weight is 388 g/mol. The van der Waals surface area contributed by atoms with Crippen LogP contribution in [-0.2, 0) is 22.3 Å². The lowest BCUT2D eigenvalue weighted by Crippen LogP contribution is -2.38. The van der Waals surface area contributed by atoms with E-state index in [1.165, 1.54) is 0 Å². The Morgan fingerprint density at radius 1 is 1.26 bits per heavy atom. The van der Waals surface area contributed by atoms with Gasteiger partial charge in [0.2, 0.25) is 0 Å². The monoisotopic (exact) mass is 387 g/mol. The smallest absolute Gasteiger partial charge is 0.267 e. The molecule has 0 bridgehead atoms. The van der Waals surface area contributed by atoms with Gasteiger partial charge < -0.3 is 10.1 Å². The van der Waals surface area contributed by atoms with Crippen LogP contribution in [0.2, 0.25) is 0 Å². The molecule has 8 heteroatoms. The Balaban J connectivity index is 1.55. The highest BCUT2D eigenvalue weighted by Crippen LogP contribution is 2.25. The molecule has 4 rings (SSSR count). The quantitative estimate of drug-likeness (QED) is 0.864. The highest BCUT2D eigenvalue weighted by Gasteiger charge is 2.32. The third-order valence-electron chi connectivity index (χ3n) is 4.99. The lowest BCUT2D eigenvalue weighted by Gasteiger charge is -2.23. The number of anilines is 1. The molecule has 1 saturated heterocycles. The van der Waals surface area contributed by atoms with Crippen LogP contribution < -0.4 is 10.9 Å². The molecule has 144 valence electrons. The minimum Gasteiger partial charge on any atom is -0.377 e. The molecular weight excluding hydrogens is 362 g/mol. The van der Waals surface area contributed by atoms with Crippen LogP contribution in [-0.4, -0.2) is 45.0 Å². The van der Waals surface area contributed by atoms with Gasteiger partial charge in [0.25, 0.3) is 5.56 Å². The van der Waals surface area contributed by atoms with E-state index < -0.39 is 0 Å². The summed E-state index contributed by atoms with van der Waals surface area (Å²) in [4.78, 5) is 12.6. The van der Waals surface area contributed by atoms with Crippen LogP contribution in [0.3, 0.4) is 0 Å². The van der Waals surface area contributed by atoms with Crippen molar-refractivity contribution in [3.8, 4) is 0 Å². The molecule has 2 aromatic rings. The fraction of sp³-hybridized carbons (Fsp3) is 0.579.